The summed E-state index contributed by atoms with van der Waals surface area (Å²) in [4.78, 5) is 2.14. The molecule has 0 saturated heterocycles. The van der Waals surface area contributed by atoms with Gasteiger partial charge < -0.3 is 5.11 Å². The topological polar surface area (TPSA) is 23.5 Å². The molecule has 0 amide bonds. The van der Waals surface area contributed by atoms with Crippen LogP contribution in [0.2, 0.25) is 0 Å². The summed E-state index contributed by atoms with van der Waals surface area (Å²) in [6.45, 7) is 4.52. The number of rotatable bonds is 7. The van der Waals surface area contributed by atoms with E-state index in [4.69, 9.17) is 5.11 Å². The second-order valence-electron chi connectivity index (χ2n) is 4.13. The molecular formula is C13H19BrFNO. The number of nitrogens with zero attached hydrogens (tertiary/aromatic N) is 1. The fourth-order valence-electron chi connectivity index (χ4n) is 1.75. The summed E-state index contributed by atoms with van der Waals surface area (Å²) < 4.78 is 14.0. The molecule has 1 N–H and O–H groups in total. The predicted octanol–water partition coefficient (Wildman–Crippen LogP) is 3.18. The molecule has 0 bridgehead atoms. The van der Waals surface area contributed by atoms with E-state index in [9.17, 15) is 4.39 Å². The monoisotopic (exact) mass is 303 g/mol. The fraction of sp³-hybridized carbons (Fsp3) is 0.538. The van der Waals surface area contributed by atoms with Crippen LogP contribution in [0.15, 0.2) is 22.7 Å². The molecule has 0 aliphatic heterocycles. The molecule has 0 aromatic heterocycles. The van der Waals surface area contributed by atoms with Crippen LogP contribution in [0, 0.1) is 5.82 Å². The zero-order valence-electron chi connectivity index (χ0n) is 10.1. The first-order valence-electron chi connectivity index (χ1n) is 5.94. The third-order valence-electron chi connectivity index (χ3n) is 2.57. The van der Waals surface area contributed by atoms with Crippen LogP contribution in [-0.2, 0) is 6.54 Å². The first-order chi connectivity index (χ1) is 8.15. The van der Waals surface area contributed by atoms with Crippen LogP contribution >= 0.6 is 15.9 Å². The number of halogens is 2. The molecule has 0 atom stereocenters. The van der Waals surface area contributed by atoms with E-state index in [-0.39, 0.29) is 12.4 Å². The van der Waals surface area contributed by atoms with Gasteiger partial charge in [0.15, 0.2) is 0 Å². The van der Waals surface area contributed by atoms with Crippen LogP contribution in [0.25, 0.3) is 0 Å². The van der Waals surface area contributed by atoms with Gasteiger partial charge in [-0.2, -0.15) is 0 Å². The number of aliphatic hydroxyl groups is 1. The molecule has 0 heterocycles. The van der Waals surface area contributed by atoms with Gasteiger partial charge in [-0.25, -0.2) is 4.39 Å². The van der Waals surface area contributed by atoms with E-state index in [2.05, 4.69) is 27.8 Å². The lowest BCUT2D eigenvalue weighted by Crippen LogP contribution is -2.27. The summed E-state index contributed by atoms with van der Waals surface area (Å²) in [7, 11) is 0. The third-order valence-corrected chi connectivity index (χ3v) is 3.03. The van der Waals surface area contributed by atoms with Gasteiger partial charge in [-0.15, -0.1) is 0 Å². The fourth-order valence-corrected chi connectivity index (χ4v) is 2.27. The molecule has 0 saturated carbocycles. The van der Waals surface area contributed by atoms with E-state index in [0.717, 1.165) is 29.4 Å². The largest absolute Gasteiger partial charge is 0.395 e. The highest BCUT2D eigenvalue weighted by Crippen LogP contribution is 2.16. The van der Waals surface area contributed by atoms with E-state index in [1.807, 2.05) is 6.07 Å². The van der Waals surface area contributed by atoms with Gasteiger partial charge in [-0.1, -0.05) is 29.3 Å². The van der Waals surface area contributed by atoms with E-state index in [1.165, 1.54) is 6.07 Å². The number of aliphatic hydroxyl groups excluding tert-OH is 1. The Labute approximate surface area is 111 Å². The molecule has 0 aliphatic carbocycles. The lowest BCUT2D eigenvalue weighted by atomic mass is 10.2. The van der Waals surface area contributed by atoms with Gasteiger partial charge in [-0.3, -0.25) is 4.90 Å². The maximum atomic E-state index is 13.2. The summed E-state index contributed by atoms with van der Waals surface area (Å²) >= 11 is 3.29. The van der Waals surface area contributed by atoms with Crippen LogP contribution in [-0.4, -0.2) is 29.7 Å². The molecule has 1 aromatic rings. The Morgan fingerprint density at radius 1 is 1.29 bits per heavy atom. The molecule has 4 heteroatoms. The maximum absolute atomic E-state index is 13.2. The first-order valence-corrected chi connectivity index (χ1v) is 6.73. The highest BCUT2D eigenvalue weighted by molar-refractivity contribution is 9.10. The van der Waals surface area contributed by atoms with Gasteiger partial charge in [0.25, 0.3) is 0 Å². The van der Waals surface area contributed by atoms with Crippen molar-refractivity contribution in [2.45, 2.75) is 26.3 Å². The Hall–Kier alpha value is -0.450. The Kier molecular flexibility index (Phi) is 6.70. The van der Waals surface area contributed by atoms with Crippen LogP contribution in [0.4, 0.5) is 4.39 Å². The molecule has 0 fully saturated rings. The second-order valence-corrected chi connectivity index (χ2v) is 5.05. The average molecular weight is 304 g/mol. The third kappa shape index (κ3) is 5.61. The summed E-state index contributed by atoms with van der Waals surface area (Å²) in [6, 6.07) is 4.91. The second kappa shape index (κ2) is 7.80. The van der Waals surface area contributed by atoms with Gasteiger partial charge in [0, 0.05) is 17.6 Å². The molecule has 0 unspecified atom stereocenters. The Bertz CT molecular complexity index is 326. The van der Waals surface area contributed by atoms with Crippen molar-refractivity contribution >= 4 is 15.9 Å². The SMILES string of the molecule is CCCCN(CCO)Cc1cc(F)cc(Br)c1. The smallest absolute Gasteiger partial charge is 0.124 e. The van der Waals surface area contributed by atoms with E-state index in [0.29, 0.717) is 13.1 Å². The van der Waals surface area contributed by atoms with Crippen molar-refractivity contribution < 1.29 is 9.50 Å². The molecule has 0 radical (unpaired) electrons. The zero-order valence-corrected chi connectivity index (χ0v) is 11.7. The van der Waals surface area contributed by atoms with Crippen molar-refractivity contribution in [3.63, 3.8) is 0 Å². The molecule has 96 valence electrons. The highest BCUT2D eigenvalue weighted by Gasteiger charge is 2.06. The molecule has 0 aliphatic rings. The van der Waals surface area contributed by atoms with Crippen LogP contribution in [0.3, 0.4) is 0 Å². The summed E-state index contributed by atoms with van der Waals surface area (Å²) in [6.07, 6.45) is 2.21. The summed E-state index contributed by atoms with van der Waals surface area (Å²) in [5.41, 5.74) is 0.932. The van der Waals surface area contributed by atoms with E-state index in [1.54, 1.807) is 6.07 Å². The van der Waals surface area contributed by atoms with Gasteiger partial charge in [0.05, 0.1) is 6.61 Å². The van der Waals surface area contributed by atoms with Gasteiger partial charge in [0.2, 0.25) is 0 Å². The van der Waals surface area contributed by atoms with Crippen molar-refractivity contribution in [3.8, 4) is 0 Å². The zero-order chi connectivity index (χ0) is 12.7. The van der Waals surface area contributed by atoms with Crippen molar-refractivity contribution in [3.05, 3.63) is 34.1 Å². The molecule has 2 nitrogen and oxygen atoms in total. The first kappa shape index (κ1) is 14.6. The van der Waals surface area contributed by atoms with Gasteiger partial charge >= 0.3 is 0 Å². The normalized spacial score (nSPS) is 11.1. The van der Waals surface area contributed by atoms with Crippen molar-refractivity contribution in [1.29, 1.82) is 0 Å². The molecular weight excluding hydrogens is 285 g/mol. The minimum atomic E-state index is -0.228. The minimum Gasteiger partial charge on any atom is -0.395 e. The number of hydrogen-bond acceptors (Lipinski definition) is 2. The number of unbranched alkanes of at least 4 members (excludes halogenated alkanes) is 1. The van der Waals surface area contributed by atoms with Gasteiger partial charge in [0.1, 0.15) is 5.82 Å². The van der Waals surface area contributed by atoms with E-state index < -0.39 is 0 Å². The van der Waals surface area contributed by atoms with Crippen molar-refractivity contribution in [2.24, 2.45) is 0 Å². The summed E-state index contributed by atoms with van der Waals surface area (Å²) in [5.74, 6) is -0.228. The average Bonchev–Trinajstić information content (AvgIpc) is 2.24. The molecule has 1 aromatic carbocycles. The van der Waals surface area contributed by atoms with E-state index >= 15 is 0 Å². The molecule has 0 spiro atoms. The number of hydrogen-bond donors (Lipinski definition) is 1. The molecule has 1 rings (SSSR count). The Morgan fingerprint density at radius 2 is 2.06 bits per heavy atom. The molecule has 17 heavy (non-hydrogen) atoms. The minimum absolute atomic E-state index is 0.139. The standard InChI is InChI=1S/C13H19BrFNO/c1-2-3-4-16(5-6-17)10-11-7-12(14)9-13(15)8-11/h7-9,17H,2-6,10H2,1H3. The van der Waals surface area contributed by atoms with Crippen molar-refractivity contribution in [1.82, 2.24) is 4.90 Å². The van der Waals surface area contributed by atoms with Gasteiger partial charge in [-0.05, 0) is 36.7 Å². The van der Waals surface area contributed by atoms with Crippen molar-refractivity contribution in [2.75, 3.05) is 19.7 Å². The number of benzene rings is 1. The highest BCUT2D eigenvalue weighted by atomic mass is 79.9. The Morgan fingerprint density at radius 3 is 2.65 bits per heavy atom. The summed E-state index contributed by atoms with van der Waals surface area (Å²) in [5, 5.41) is 9.00. The maximum Gasteiger partial charge on any atom is 0.124 e. The Balaban J connectivity index is 2.63. The van der Waals surface area contributed by atoms with Crippen LogP contribution in [0.1, 0.15) is 25.3 Å². The quantitative estimate of drug-likeness (QED) is 0.836. The predicted molar refractivity (Wildman–Crippen MR) is 71.4 cm³/mol. The lowest BCUT2D eigenvalue weighted by Gasteiger charge is -2.21. The van der Waals surface area contributed by atoms with Crippen LogP contribution < -0.4 is 0 Å². The van der Waals surface area contributed by atoms with Crippen LogP contribution in [0.5, 0.6) is 0 Å². The lowest BCUT2D eigenvalue weighted by molar-refractivity contribution is 0.188.